The molecule has 1 atom stereocenters. The van der Waals surface area contributed by atoms with Crippen LogP contribution in [0, 0.1) is 0 Å². The van der Waals surface area contributed by atoms with Crippen LogP contribution in [0.2, 0.25) is 0 Å². The van der Waals surface area contributed by atoms with Gasteiger partial charge in [0.05, 0.1) is 20.6 Å². The van der Waals surface area contributed by atoms with Crippen molar-refractivity contribution < 1.29 is 37.2 Å². The van der Waals surface area contributed by atoms with Crippen LogP contribution in [-0.2, 0) is 32.7 Å². The summed E-state index contributed by atoms with van der Waals surface area (Å²) in [5.74, 6) is 0. The molecule has 1 aliphatic carbocycles. The summed E-state index contributed by atoms with van der Waals surface area (Å²) < 4.78 is 0.991. The van der Waals surface area contributed by atoms with Gasteiger partial charge in [-0.05, 0) is 50.1 Å². The monoisotopic (exact) mass is 360 g/mol. The summed E-state index contributed by atoms with van der Waals surface area (Å²) in [5.41, 5.74) is 4.59. The zero-order valence-electron chi connectivity index (χ0n) is 13.8. The van der Waals surface area contributed by atoms with Crippen LogP contribution < -0.4 is 5.32 Å². The van der Waals surface area contributed by atoms with Crippen molar-refractivity contribution in [1.82, 2.24) is 5.32 Å². The molecule has 0 aromatic rings. The molecule has 2 rings (SSSR count). The summed E-state index contributed by atoms with van der Waals surface area (Å²) in [5, 5.41) is 3.76. The molecule has 0 aromatic heterocycles. The van der Waals surface area contributed by atoms with Crippen LogP contribution in [0.4, 0.5) is 0 Å². The molecule has 0 bridgehead atoms. The van der Waals surface area contributed by atoms with Crippen molar-refractivity contribution in [3.63, 3.8) is 0 Å². The standard InChI is InChI=1S/C18H27N2.Y/c1-18(2)14-13-17(19-18)20(3,4)15-9-12-16-10-7-5-6-8-11-16;/h5,7-12,17,19H,13-15H2,1-4H3;/q+1;/b12-9+;. The molecule has 111 valence electrons. The molecule has 0 aromatic carbocycles. The topological polar surface area (TPSA) is 12.0 Å². The molecule has 1 heterocycles. The van der Waals surface area contributed by atoms with E-state index in [4.69, 9.17) is 0 Å². The quantitative estimate of drug-likeness (QED) is 0.599. The van der Waals surface area contributed by atoms with Crippen molar-refractivity contribution in [1.29, 1.82) is 0 Å². The van der Waals surface area contributed by atoms with Crippen LogP contribution in [0.25, 0.3) is 0 Å². The average molecular weight is 360 g/mol. The number of nitrogens with one attached hydrogen (secondary N) is 1. The van der Waals surface area contributed by atoms with E-state index in [0.717, 1.165) is 11.0 Å². The molecular formula is C18H27N2Y+. The fourth-order valence-electron chi connectivity index (χ4n) is 2.79. The summed E-state index contributed by atoms with van der Waals surface area (Å²) in [7, 11) is 4.62. The Bertz CT molecular complexity index is 503. The summed E-state index contributed by atoms with van der Waals surface area (Å²) >= 11 is 0. The molecule has 2 nitrogen and oxygen atoms in total. The maximum Gasteiger partial charge on any atom is 0.143 e. The zero-order chi connectivity index (χ0) is 14.6. The molecular weight excluding hydrogens is 333 g/mol. The predicted octanol–water partition coefficient (Wildman–Crippen LogP) is 3.31. The summed E-state index contributed by atoms with van der Waals surface area (Å²) in [6.45, 7) is 5.63. The van der Waals surface area contributed by atoms with Gasteiger partial charge in [-0.1, -0.05) is 18.2 Å². The van der Waals surface area contributed by atoms with Crippen molar-refractivity contribution in [2.75, 3.05) is 20.6 Å². The number of rotatable bonds is 4. The van der Waals surface area contributed by atoms with Gasteiger partial charge < -0.3 is 4.48 Å². The van der Waals surface area contributed by atoms with Crippen molar-refractivity contribution in [3.05, 3.63) is 53.8 Å². The van der Waals surface area contributed by atoms with Gasteiger partial charge >= 0.3 is 0 Å². The van der Waals surface area contributed by atoms with Gasteiger partial charge in [0.15, 0.2) is 0 Å². The van der Waals surface area contributed by atoms with Gasteiger partial charge in [-0.15, -0.1) is 5.73 Å². The van der Waals surface area contributed by atoms with Gasteiger partial charge in [-0.25, -0.2) is 0 Å². The predicted molar refractivity (Wildman–Crippen MR) is 86.2 cm³/mol. The Morgan fingerprint density at radius 2 is 2.14 bits per heavy atom. The Hall–Kier alpha value is -0.236. The molecule has 1 radical (unpaired) electrons. The molecule has 1 fully saturated rings. The van der Waals surface area contributed by atoms with E-state index < -0.39 is 0 Å². The van der Waals surface area contributed by atoms with Gasteiger partial charge in [0.2, 0.25) is 0 Å². The van der Waals surface area contributed by atoms with Gasteiger partial charge in [0.25, 0.3) is 0 Å². The normalized spacial score (nSPS) is 24.0. The van der Waals surface area contributed by atoms with Crippen molar-refractivity contribution >= 4 is 0 Å². The molecule has 1 unspecified atom stereocenters. The minimum Gasteiger partial charge on any atom is -0.310 e. The fourth-order valence-corrected chi connectivity index (χ4v) is 2.79. The first kappa shape index (κ1) is 18.8. The molecule has 21 heavy (non-hydrogen) atoms. The molecule has 0 saturated carbocycles. The third-order valence-corrected chi connectivity index (χ3v) is 4.18. The SMILES string of the molecule is CC1(C)CCC([N+](C)(C)C/C=C/C2=CC=C=CC=C2)N1.[Y]. The van der Waals surface area contributed by atoms with Crippen molar-refractivity contribution in [2.24, 2.45) is 0 Å². The summed E-state index contributed by atoms with van der Waals surface area (Å²) in [6.07, 6.45) is 17.7. The smallest absolute Gasteiger partial charge is 0.143 e. The first-order valence-corrected chi connectivity index (χ1v) is 7.45. The third-order valence-electron chi connectivity index (χ3n) is 4.18. The van der Waals surface area contributed by atoms with Gasteiger partial charge in [0.1, 0.15) is 6.17 Å². The van der Waals surface area contributed by atoms with Crippen molar-refractivity contribution in [3.8, 4) is 0 Å². The second-order valence-corrected chi connectivity index (χ2v) is 6.97. The van der Waals surface area contributed by atoms with E-state index in [1.807, 2.05) is 18.2 Å². The second-order valence-electron chi connectivity index (χ2n) is 6.97. The Morgan fingerprint density at radius 1 is 1.38 bits per heavy atom. The van der Waals surface area contributed by atoms with E-state index in [9.17, 15) is 0 Å². The fraction of sp³-hybridized carbons (Fsp3) is 0.500. The largest absolute Gasteiger partial charge is 0.310 e. The summed E-state index contributed by atoms with van der Waals surface area (Å²) in [6, 6.07) is 0. The molecule has 1 saturated heterocycles. The Balaban J connectivity index is 0.00000220. The van der Waals surface area contributed by atoms with E-state index >= 15 is 0 Å². The first-order valence-electron chi connectivity index (χ1n) is 7.45. The number of allylic oxidation sites excluding steroid dienone is 6. The molecule has 0 amide bonds. The Morgan fingerprint density at radius 3 is 2.81 bits per heavy atom. The van der Waals surface area contributed by atoms with Crippen LogP contribution >= 0.6 is 0 Å². The first-order chi connectivity index (χ1) is 9.39. The van der Waals surface area contributed by atoms with Gasteiger partial charge in [-0.2, -0.15) is 0 Å². The van der Waals surface area contributed by atoms with E-state index in [-0.39, 0.29) is 38.2 Å². The average Bonchev–Trinajstić information content (AvgIpc) is 2.60. The Labute approximate surface area is 154 Å². The van der Waals surface area contributed by atoms with Crippen LogP contribution in [0.15, 0.2) is 53.8 Å². The molecule has 0 spiro atoms. The zero-order valence-corrected chi connectivity index (χ0v) is 16.6. The minimum atomic E-state index is 0. The Kier molecular flexibility index (Phi) is 7.04. The number of nitrogens with zero attached hydrogens (tertiary/aromatic N) is 1. The number of hydrogen-bond acceptors (Lipinski definition) is 1. The maximum atomic E-state index is 3.76. The van der Waals surface area contributed by atoms with Crippen LogP contribution in [0.5, 0.6) is 0 Å². The number of quaternary nitrogens is 1. The molecule has 3 heteroatoms. The van der Waals surface area contributed by atoms with Gasteiger partial charge in [-0.3, -0.25) is 5.32 Å². The van der Waals surface area contributed by atoms with Gasteiger partial charge in [0, 0.05) is 44.7 Å². The minimum absolute atomic E-state index is 0. The second kappa shape index (κ2) is 7.85. The molecule has 2 aliphatic rings. The summed E-state index contributed by atoms with van der Waals surface area (Å²) in [4.78, 5) is 0. The van der Waals surface area contributed by atoms with E-state index in [2.05, 4.69) is 63.3 Å². The maximum absolute atomic E-state index is 3.76. The van der Waals surface area contributed by atoms with Crippen LogP contribution in [0.1, 0.15) is 26.7 Å². The van der Waals surface area contributed by atoms with E-state index in [1.165, 1.54) is 18.4 Å². The van der Waals surface area contributed by atoms with Crippen LogP contribution in [0.3, 0.4) is 0 Å². The van der Waals surface area contributed by atoms with E-state index in [1.54, 1.807) is 0 Å². The third kappa shape index (κ3) is 5.81. The number of likely N-dealkylation sites (N-methyl/N-ethyl adjacent to an activating group) is 1. The molecule has 1 N–H and O–H groups in total. The number of hydrogen-bond donors (Lipinski definition) is 1. The van der Waals surface area contributed by atoms with Crippen molar-refractivity contribution in [2.45, 2.75) is 38.4 Å². The molecule has 1 aliphatic heterocycles. The van der Waals surface area contributed by atoms with E-state index in [0.29, 0.717) is 6.17 Å². The van der Waals surface area contributed by atoms with Crippen LogP contribution in [-0.4, -0.2) is 36.8 Å².